The van der Waals surface area contributed by atoms with Crippen molar-refractivity contribution in [3.63, 3.8) is 0 Å². The molecule has 0 aliphatic heterocycles. The summed E-state index contributed by atoms with van der Waals surface area (Å²) in [6, 6.07) is 6.05. The lowest BCUT2D eigenvalue weighted by molar-refractivity contribution is 0.400. The Bertz CT molecular complexity index is 488. The summed E-state index contributed by atoms with van der Waals surface area (Å²) in [6.45, 7) is 6.89. The largest absolute Gasteiger partial charge is 0.440 e. The van der Waals surface area contributed by atoms with Gasteiger partial charge in [0.2, 0.25) is 0 Å². The first kappa shape index (κ1) is 11.1. The fourth-order valence-electron chi connectivity index (χ4n) is 1.87. The van der Waals surface area contributed by atoms with Crippen molar-refractivity contribution < 1.29 is 4.42 Å². The van der Waals surface area contributed by atoms with Crippen LogP contribution in [0.4, 0.5) is 0 Å². The molecular weight excluding hydrogens is 200 g/mol. The van der Waals surface area contributed by atoms with Gasteiger partial charge in [-0.25, -0.2) is 4.98 Å². The van der Waals surface area contributed by atoms with E-state index in [0.29, 0.717) is 12.5 Å². The first-order valence-corrected chi connectivity index (χ1v) is 5.69. The average molecular weight is 218 g/mol. The zero-order valence-corrected chi connectivity index (χ0v) is 10.0. The maximum absolute atomic E-state index is 5.77. The van der Waals surface area contributed by atoms with Crippen molar-refractivity contribution in [3.8, 4) is 0 Å². The summed E-state index contributed by atoms with van der Waals surface area (Å²) in [5.74, 6) is 1.41. The third kappa shape index (κ3) is 1.95. The van der Waals surface area contributed by atoms with Crippen LogP contribution < -0.4 is 5.73 Å². The Balaban J connectivity index is 2.45. The Morgan fingerprint density at radius 2 is 2.12 bits per heavy atom. The summed E-state index contributed by atoms with van der Waals surface area (Å²) < 4.78 is 5.77. The fourth-order valence-corrected chi connectivity index (χ4v) is 1.87. The highest BCUT2D eigenvalue weighted by atomic mass is 16.3. The van der Waals surface area contributed by atoms with Crippen LogP contribution in [0.15, 0.2) is 22.6 Å². The van der Waals surface area contributed by atoms with E-state index in [4.69, 9.17) is 10.2 Å². The quantitative estimate of drug-likeness (QED) is 0.861. The van der Waals surface area contributed by atoms with E-state index in [9.17, 15) is 0 Å². The molecule has 0 aliphatic carbocycles. The number of nitrogens with zero attached hydrogens (tertiary/aromatic N) is 1. The molecule has 2 N–H and O–H groups in total. The molecule has 0 saturated heterocycles. The number of fused-ring (bicyclic) bond motifs is 1. The van der Waals surface area contributed by atoms with Crippen molar-refractivity contribution in [3.05, 3.63) is 29.7 Å². The molecule has 0 bridgehead atoms. The highest BCUT2D eigenvalue weighted by Gasteiger charge is 2.20. The molecule has 0 fully saturated rings. The summed E-state index contributed by atoms with van der Waals surface area (Å²) in [5.41, 5.74) is 8.71. The number of oxazole rings is 1. The summed E-state index contributed by atoms with van der Waals surface area (Å²) in [4.78, 5) is 4.50. The summed E-state index contributed by atoms with van der Waals surface area (Å²) >= 11 is 0. The summed E-state index contributed by atoms with van der Waals surface area (Å²) in [6.07, 6.45) is 0. The van der Waals surface area contributed by atoms with Crippen LogP contribution >= 0.6 is 0 Å². The predicted octanol–water partition coefficient (Wildman–Crippen LogP) is 2.83. The first-order chi connectivity index (χ1) is 7.61. The monoisotopic (exact) mass is 218 g/mol. The molecule has 3 nitrogen and oxygen atoms in total. The summed E-state index contributed by atoms with van der Waals surface area (Å²) in [7, 11) is 0. The van der Waals surface area contributed by atoms with Gasteiger partial charge in [0.25, 0.3) is 0 Å². The number of aromatic nitrogens is 1. The van der Waals surface area contributed by atoms with Crippen LogP contribution in [0.25, 0.3) is 11.1 Å². The molecule has 16 heavy (non-hydrogen) atoms. The van der Waals surface area contributed by atoms with E-state index in [1.54, 1.807) is 0 Å². The molecule has 0 aliphatic rings. The van der Waals surface area contributed by atoms with Crippen molar-refractivity contribution >= 4 is 11.1 Å². The van der Waals surface area contributed by atoms with Gasteiger partial charge in [-0.2, -0.15) is 0 Å². The van der Waals surface area contributed by atoms with Crippen molar-refractivity contribution in [2.24, 2.45) is 11.7 Å². The number of rotatable bonds is 3. The van der Waals surface area contributed by atoms with Gasteiger partial charge in [0.05, 0.1) is 5.92 Å². The number of nitrogens with two attached hydrogens (primary N) is 1. The smallest absolute Gasteiger partial charge is 0.200 e. The van der Waals surface area contributed by atoms with Crippen LogP contribution in [0.5, 0.6) is 0 Å². The lowest BCUT2D eigenvalue weighted by Crippen LogP contribution is -2.17. The van der Waals surface area contributed by atoms with Gasteiger partial charge in [-0.15, -0.1) is 0 Å². The van der Waals surface area contributed by atoms with Crippen LogP contribution in [-0.4, -0.2) is 11.5 Å². The van der Waals surface area contributed by atoms with E-state index in [0.717, 1.165) is 17.0 Å². The number of benzene rings is 1. The van der Waals surface area contributed by atoms with Crippen LogP contribution in [0.1, 0.15) is 31.2 Å². The van der Waals surface area contributed by atoms with E-state index in [2.05, 4.69) is 18.8 Å². The maximum Gasteiger partial charge on any atom is 0.200 e. The number of aryl methyl sites for hydroxylation is 1. The fraction of sp³-hybridized carbons (Fsp3) is 0.462. The van der Waals surface area contributed by atoms with Crippen LogP contribution in [0.2, 0.25) is 0 Å². The molecule has 2 aromatic rings. The van der Waals surface area contributed by atoms with Gasteiger partial charge < -0.3 is 10.2 Å². The molecule has 1 aromatic carbocycles. The van der Waals surface area contributed by atoms with Gasteiger partial charge in [0.1, 0.15) is 5.52 Å². The molecule has 0 saturated carbocycles. The van der Waals surface area contributed by atoms with E-state index < -0.39 is 0 Å². The van der Waals surface area contributed by atoms with Crippen molar-refractivity contribution in [2.75, 3.05) is 6.54 Å². The second-order valence-corrected chi connectivity index (χ2v) is 4.61. The lowest BCUT2D eigenvalue weighted by Gasteiger charge is -2.13. The predicted molar refractivity (Wildman–Crippen MR) is 65.4 cm³/mol. The highest BCUT2D eigenvalue weighted by molar-refractivity contribution is 5.73. The Kier molecular flexibility index (Phi) is 2.97. The van der Waals surface area contributed by atoms with E-state index in [1.807, 2.05) is 25.1 Å². The normalized spacial score (nSPS) is 13.6. The highest BCUT2D eigenvalue weighted by Crippen LogP contribution is 2.26. The molecule has 86 valence electrons. The van der Waals surface area contributed by atoms with Crippen molar-refractivity contribution in [1.29, 1.82) is 0 Å². The third-order valence-corrected chi connectivity index (χ3v) is 2.94. The van der Waals surface area contributed by atoms with Crippen molar-refractivity contribution in [2.45, 2.75) is 26.7 Å². The standard InChI is InChI=1S/C13H18N2O/c1-8(2)10(7-14)13-15-11-5-4-9(3)6-12(11)16-13/h4-6,8,10H,7,14H2,1-3H3. The van der Waals surface area contributed by atoms with Crippen LogP contribution in [0, 0.1) is 12.8 Å². The second kappa shape index (κ2) is 4.26. The van der Waals surface area contributed by atoms with Crippen molar-refractivity contribution in [1.82, 2.24) is 4.98 Å². The minimum absolute atomic E-state index is 0.202. The lowest BCUT2D eigenvalue weighted by atomic mass is 9.96. The third-order valence-electron chi connectivity index (χ3n) is 2.94. The maximum atomic E-state index is 5.77. The SMILES string of the molecule is Cc1ccc2nc(C(CN)C(C)C)oc2c1. The van der Waals surface area contributed by atoms with E-state index in [-0.39, 0.29) is 5.92 Å². The van der Waals surface area contributed by atoms with E-state index in [1.165, 1.54) is 5.56 Å². The zero-order chi connectivity index (χ0) is 11.7. The summed E-state index contributed by atoms with van der Waals surface area (Å²) in [5, 5.41) is 0. The van der Waals surface area contributed by atoms with Gasteiger partial charge in [-0.05, 0) is 30.5 Å². The molecule has 0 amide bonds. The van der Waals surface area contributed by atoms with Gasteiger partial charge in [-0.1, -0.05) is 19.9 Å². The molecule has 0 spiro atoms. The van der Waals surface area contributed by atoms with Gasteiger partial charge >= 0.3 is 0 Å². The molecule has 0 radical (unpaired) electrons. The minimum atomic E-state index is 0.202. The number of hydrogen-bond acceptors (Lipinski definition) is 3. The average Bonchev–Trinajstić information content (AvgIpc) is 2.60. The van der Waals surface area contributed by atoms with Gasteiger partial charge in [-0.3, -0.25) is 0 Å². The molecule has 1 unspecified atom stereocenters. The molecule has 2 rings (SSSR count). The Labute approximate surface area is 95.7 Å². The second-order valence-electron chi connectivity index (χ2n) is 4.61. The molecule has 3 heteroatoms. The molecular formula is C13H18N2O. The molecule has 1 heterocycles. The Hall–Kier alpha value is -1.35. The molecule has 1 aromatic heterocycles. The first-order valence-electron chi connectivity index (χ1n) is 5.69. The minimum Gasteiger partial charge on any atom is -0.440 e. The topological polar surface area (TPSA) is 52.0 Å². The Morgan fingerprint density at radius 1 is 1.38 bits per heavy atom. The van der Waals surface area contributed by atoms with Gasteiger partial charge in [0.15, 0.2) is 11.5 Å². The molecule has 1 atom stereocenters. The zero-order valence-electron chi connectivity index (χ0n) is 10.0. The van der Waals surface area contributed by atoms with Gasteiger partial charge in [0, 0.05) is 6.54 Å². The van der Waals surface area contributed by atoms with Crippen LogP contribution in [-0.2, 0) is 0 Å². The Morgan fingerprint density at radius 3 is 2.75 bits per heavy atom. The van der Waals surface area contributed by atoms with E-state index >= 15 is 0 Å². The number of hydrogen-bond donors (Lipinski definition) is 1. The van der Waals surface area contributed by atoms with Crippen LogP contribution in [0.3, 0.4) is 0 Å².